The van der Waals surface area contributed by atoms with Gasteiger partial charge in [0, 0.05) is 12.2 Å². The van der Waals surface area contributed by atoms with Crippen LogP contribution in [0.25, 0.3) is 0 Å². The van der Waals surface area contributed by atoms with Gasteiger partial charge in [-0.15, -0.1) is 0 Å². The molecule has 21 heavy (non-hydrogen) atoms. The Kier molecular flexibility index (Phi) is 4.96. The second-order valence-corrected chi connectivity index (χ2v) is 5.36. The molecule has 1 atom stereocenters. The zero-order chi connectivity index (χ0) is 15.4. The lowest BCUT2D eigenvalue weighted by molar-refractivity contribution is -0.158. The highest BCUT2D eigenvalue weighted by Crippen LogP contribution is 2.16. The van der Waals surface area contributed by atoms with Crippen LogP contribution in [0.5, 0.6) is 0 Å². The molecular formula is C16H22N2O3. The standard InChI is InChI=1S/C16H22N2O3/c1-4-18-7-8-21-16(20)14(18)10-15(19)17-13-6-5-11(2)12(3)9-13/h5-6,9,14H,4,7-8,10H2,1-3H3,(H,17,19)/t14-/m1/s1. The van der Waals surface area contributed by atoms with E-state index in [0.29, 0.717) is 13.2 Å². The molecule has 5 nitrogen and oxygen atoms in total. The molecule has 1 amide bonds. The predicted octanol–water partition coefficient (Wildman–Crippen LogP) is 1.88. The van der Waals surface area contributed by atoms with Gasteiger partial charge < -0.3 is 10.1 Å². The van der Waals surface area contributed by atoms with Crippen LogP contribution < -0.4 is 5.32 Å². The van der Waals surface area contributed by atoms with Gasteiger partial charge in [0.15, 0.2) is 0 Å². The predicted molar refractivity (Wildman–Crippen MR) is 81.2 cm³/mol. The Balaban J connectivity index is 1.99. The van der Waals surface area contributed by atoms with E-state index in [2.05, 4.69) is 5.32 Å². The fraction of sp³-hybridized carbons (Fsp3) is 0.500. The van der Waals surface area contributed by atoms with Crippen molar-refractivity contribution in [3.05, 3.63) is 29.3 Å². The molecule has 2 rings (SSSR count). The van der Waals surface area contributed by atoms with Crippen molar-refractivity contribution in [2.24, 2.45) is 0 Å². The molecule has 0 saturated carbocycles. The average molecular weight is 290 g/mol. The number of cyclic esters (lactones) is 1. The number of anilines is 1. The molecule has 1 fully saturated rings. The smallest absolute Gasteiger partial charge is 0.323 e. The van der Waals surface area contributed by atoms with Crippen molar-refractivity contribution in [3.8, 4) is 0 Å². The topological polar surface area (TPSA) is 58.6 Å². The number of carbonyl (C=O) groups is 2. The minimum absolute atomic E-state index is 0.125. The summed E-state index contributed by atoms with van der Waals surface area (Å²) in [6.45, 7) is 7.83. The lowest BCUT2D eigenvalue weighted by atomic mass is 10.1. The van der Waals surface area contributed by atoms with E-state index >= 15 is 0 Å². The van der Waals surface area contributed by atoms with Crippen LogP contribution in [0.15, 0.2) is 18.2 Å². The maximum Gasteiger partial charge on any atom is 0.323 e. The van der Waals surface area contributed by atoms with Gasteiger partial charge in [-0.1, -0.05) is 13.0 Å². The zero-order valence-electron chi connectivity index (χ0n) is 12.8. The number of ether oxygens (including phenoxy) is 1. The number of nitrogens with zero attached hydrogens (tertiary/aromatic N) is 1. The summed E-state index contributed by atoms with van der Waals surface area (Å²) in [6.07, 6.45) is 0.125. The molecular weight excluding hydrogens is 268 g/mol. The summed E-state index contributed by atoms with van der Waals surface area (Å²) >= 11 is 0. The van der Waals surface area contributed by atoms with Crippen molar-refractivity contribution in [2.75, 3.05) is 25.0 Å². The molecule has 1 aliphatic rings. The largest absolute Gasteiger partial charge is 0.463 e. The summed E-state index contributed by atoms with van der Waals surface area (Å²) < 4.78 is 5.05. The minimum atomic E-state index is -0.477. The number of aryl methyl sites for hydroxylation is 2. The fourth-order valence-corrected chi connectivity index (χ4v) is 2.46. The van der Waals surface area contributed by atoms with Crippen molar-refractivity contribution in [1.82, 2.24) is 4.90 Å². The summed E-state index contributed by atoms with van der Waals surface area (Å²) in [4.78, 5) is 25.9. The molecule has 1 aliphatic heterocycles. The number of benzene rings is 1. The first-order chi connectivity index (χ1) is 10.0. The molecule has 0 aromatic heterocycles. The Morgan fingerprint density at radius 2 is 2.14 bits per heavy atom. The highest BCUT2D eigenvalue weighted by atomic mass is 16.5. The van der Waals surface area contributed by atoms with Gasteiger partial charge in [0.2, 0.25) is 5.91 Å². The van der Waals surface area contributed by atoms with Gasteiger partial charge in [-0.3, -0.25) is 14.5 Å². The molecule has 1 N–H and O–H groups in total. The SMILES string of the molecule is CCN1CCOC(=O)[C@H]1CC(=O)Nc1ccc(C)c(C)c1. The third kappa shape index (κ3) is 3.82. The summed E-state index contributed by atoms with van der Waals surface area (Å²) in [5, 5.41) is 2.85. The van der Waals surface area contributed by atoms with Crippen molar-refractivity contribution in [3.63, 3.8) is 0 Å². The van der Waals surface area contributed by atoms with E-state index in [-0.39, 0.29) is 18.3 Å². The van der Waals surface area contributed by atoms with Gasteiger partial charge in [0.1, 0.15) is 12.6 Å². The van der Waals surface area contributed by atoms with E-state index in [4.69, 9.17) is 4.74 Å². The van der Waals surface area contributed by atoms with Crippen LogP contribution in [0.3, 0.4) is 0 Å². The van der Waals surface area contributed by atoms with Crippen LogP contribution in [0.2, 0.25) is 0 Å². The lowest BCUT2D eigenvalue weighted by Gasteiger charge is -2.32. The van der Waals surface area contributed by atoms with Crippen LogP contribution in [0.4, 0.5) is 5.69 Å². The summed E-state index contributed by atoms with van der Waals surface area (Å²) in [5.41, 5.74) is 3.07. The Labute approximate surface area is 125 Å². The Hall–Kier alpha value is -1.88. The second-order valence-electron chi connectivity index (χ2n) is 5.36. The van der Waals surface area contributed by atoms with Crippen LogP contribution in [0, 0.1) is 13.8 Å². The maximum atomic E-state index is 12.1. The number of hydrogen-bond donors (Lipinski definition) is 1. The van der Waals surface area contributed by atoms with E-state index in [9.17, 15) is 9.59 Å². The van der Waals surface area contributed by atoms with E-state index in [1.807, 2.05) is 43.9 Å². The maximum absolute atomic E-state index is 12.1. The summed E-state index contributed by atoms with van der Waals surface area (Å²) in [7, 11) is 0. The first-order valence-electron chi connectivity index (χ1n) is 7.29. The number of likely N-dealkylation sites (N-methyl/N-ethyl adjacent to an activating group) is 1. The number of nitrogens with one attached hydrogen (secondary N) is 1. The van der Waals surface area contributed by atoms with Crippen molar-refractivity contribution in [1.29, 1.82) is 0 Å². The highest BCUT2D eigenvalue weighted by molar-refractivity contribution is 5.94. The van der Waals surface area contributed by atoms with Crippen LogP contribution in [0.1, 0.15) is 24.5 Å². The van der Waals surface area contributed by atoms with Crippen molar-refractivity contribution in [2.45, 2.75) is 33.2 Å². The van der Waals surface area contributed by atoms with Gasteiger partial charge in [-0.05, 0) is 43.7 Å². The molecule has 0 spiro atoms. The molecule has 1 aromatic rings. The number of amides is 1. The van der Waals surface area contributed by atoms with Crippen molar-refractivity contribution >= 4 is 17.6 Å². The van der Waals surface area contributed by atoms with E-state index in [0.717, 1.165) is 17.8 Å². The number of morpholine rings is 1. The molecule has 0 radical (unpaired) electrons. The van der Waals surface area contributed by atoms with Crippen LogP contribution >= 0.6 is 0 Å². The third-order valence-corrected chi connectivity index (χ3v) is 3.91. The highest BCUT2D eigenvalue weighted by Gasteiger charge is 2.32. The average Bonchev–Trinajstić information content (AvgIpc) is 2.45. The summed E-state index contributed by atoms with van der Waals surface area (Å²) in [6, 6.07) is 5.30. The van der Waals surface area contributed by atoms with Gasteiger partial charge in [0.25, 0.3) is 0 Å². The fourth-order valence-electron chi connectivity index (χ4n) is 2.46. The quantitative estimate of drug-likeness (QED) is 0.860. The molecule has 1 heterocycles. The monoisotopic (exact) mass is 290 g/mol. The second kappa shape index (κ2) is 6.72. The first-order valence-corrected chi connectivity index (χ1v) is 7.29. The van der Waals surface area contributed by atoms with Gasteiger partial charge in [-0.2, -0.15) is 0 Å². The molecule has 1 aromatic carbocycles. The Bertz CT molecular complexity index is 542. The zero-order valence-corrected chi connectivity index (χ0v) is 12.8. The molecule has 1 saturated heterocycles. The number of esters is 1. The Morgan fingerprint density at radius 1 is 1.38 bits per heavy atom. The van der Waals surface area contributed by atoms with Crippen molar-refractivity contribution < 1.29 is 14.3 Å². The lowest BCUT2D eigenvalue weighted by Crippen LogP contribution is -2.50. The third-order valence-electron chi connectivity index (χ3n) is 3.91. The number of rotatable bonds is 4. The normalized spacial score (nSPS) is 19.2. The molecule has 0 unspecified atom stereocenters. The molecule has 5 heteroatoms. The first kappa shape index (κ1) is 15.5. The molecule has 0 bridgehead atoms. The number of carbonyl (C=O) groups excluding carboxylic acids is 2. The van der Waals surface area contributed by atoms with Gasteiger partial charge >= 0.3 is 5.97 Å². The number of hydrogen-bond acceptors (Lipinski definition) is 4. The Morgan fingerprint density at radius 3 is 2.81 bits per heavy atom. The molecule has 0 aliphatic carbocycles. The van der Waals surface area contributed by atoms with Crippen LogP contribution in [-0.4, -0.2) is 42.5 Å². The van der Waals surface area contributed by atoms with Gasteiger partial charge in [0.05, 0.1) is 6.42 Å². The summed E-state index contributed by atoms with van der Waals surface area (Å²) in [5.74, 6) is -0.473. The van der Waals surface area contributed by atoms with Gasteiger partial charge in [-0.25, -0.2) is 0 Å². The van der Waals surface area contributed by atoms with E-state index in [1.165, 1.54) is 5.56 Å². The van der Waals surface area contributed by atoms with E-state index < -0.39 is 6.04 Å². The van der Waals surface area contributed by atoms with E-state index in [1.54, 1.807) is 0 Å². The van der Waals surface area contributed by atoms with Crippen LogP contribution in [-0.2, 0) is 14.3 Å². The minimum Gasteiger partial charge on any atom is -0.463 e. The molecule has 114 valence electrons.